The Balaban J connectivity index is 1.62. The maximum absolute atomic E-state index is 14.0. The number of nitrogens with two attached hydrogens (primary N) is 1. The summed E-state index contributed by atoms with van der Waals surface area (Å²) in [7, 11) is 0. The summed E-state index contributed by atoms with van der Waals surface area (Å²) in [5.74, 6) is -0.595. The van der Waals surface area contributed by atoms with Gasteiger partial charge in [0, 0.05) is 23.5 Å². The molecule has 9 heteroatoms. The summed E-state index contributed by atoms with van der Waals surface area (Å²) in [6, 6.07) is 10.4. The summed E-state index contributed by atoms with van der Waals surface area (Å²) in [5.41, 5.74) is 8.44. The molecule has 2 heterocycles. The largest absolute Gasteiger partial charge is 0.383 e. The average molecular weight is 446 g/mol. The van der Waals surface area contributed by atoms with Crippen LogP contribution in [0.3, 0.4) is 0 Å². The molecule has 0 aliphatic rings. The third kappa shape index (κ3) is 4.25. The van der Waals surface area contributed by atoms with Crippen molar-refractivity contribution in [1.29, 1.82) is 0 Å². The molecule has 0 spiro atoms. The molecule has 8 nitrogen and oxygen atoms in total. The van der Waals surface area contributed by atoms with Gasteiger partial charge < -0.3 is 20.9 Å². The van der Waals surface area contributed by atoms with E-state index in [2.05, 4.69) is 20.6 Å². The molecule has 4 N–H and O–H groups in total. The standard InChI is InChI=1S/C24H23FN6O2/c1-13(2)31-11-17(19-22(26)27-12-28-23(19)31)21(32)15-7-5-8-16(10-15)29-24(33)30-20-14(3)6-4-9-18(20)25/h4-13H,1-3H3,(H2,26,27,28)(H2,29,30,33). The van der Waals surface area contributed by atoms with Gasteiger partial charge in [-0.2, -0.15) is 0 Å². The molecule has 2 aromatic heterocycles. The topological polar surface area (TPSA) is 115 Å². The molecule has 0 unspecified atom stereocenters. The zero-order chi connectivity index (χ0) is 23.7. The third-order valence-electron chi connectivity index (χ3n) is 5.28. The molecule has 33 heavy (non-hydrogen) atoms. The van der Waals surface area contributed by atoms with Crippen molar-refractivity contribution in [3.63, 3.8) is 0 Å². The Kier molecular flexibility index (Phi) is 5.78. The molecule has 168 valence electrons. The highest BCUT2D eigenvalue weighted by molar-refractivity contribution is 6.18. The lowest BCUT2D eigenvalue weighted by atomic mass is 10.0. The number of rotatable bonds is 5. The Morgan fingerprint density at radius 1 is 1.09 bits per heavy atom. The minimum Gasteiger partial charge on any atom is -0.383 e. The molecule has 0 atom stereocenters. The number of carbonyl (C=O) groups excluding carboxylic acids is 2. The fourth-order valence-electron chi connectivity index (χ4n) is 3.63. The first-order valence-electron chi connectivity index (χ1n) is 10.3. The van der Waals surface area contributed by atoms with Gasteiger partial charge in [0.1, 0.15) is 23.6 Å². The van der Waals surface area contributed by atoms with Gasteiger partial charge in [0.2, 0.25) is 0 Å². The second-order valence-corrected chi connectivity index (χ2v) is 7.92. The van der Waals surface area contributed by atoms with Crippen LogP contribution in [0.4, 0.5) is 26.4 Å². The van der Waals surface area contributed by atoms with Crippen LogP contribution in [0, 0.1) is 12.7 Å². The highest BCUT2D eigenvalue weighted by Crippen LogP contribution is 2.29. The smallest absolute Gasteiger partial charge is 0.323 e. The van der Waals surface area contributed by atoms with Crippen molar-refractivity contribution in [1.82, 2.24) is 14.5 Å². The van der Waals surface area contributed by atoms with Crippen molar-refractivity contribution in [2.45, 2.75) is 26.8 Å². The predicted octanol–water partition coefficient (Wildman–Crippen LogP) is 4.92. The number of anilines is 3. The number of aromatic nitrogens is 3. The summed E-state index contributed by atoms with van der Waals surface area (Å²) >= 11 is 0. The number of fused-ring (bicyclic) bond motifs is 1. The van der Waals surface area contributed by atoms with E-state index >= 15 is 0 Å². The number of para-hydroxylation sites is 1. The molecule has 2 amide bonds. The normalized spacial score (nSPS) is 11.1. The van der Waals surface area contributed by atoms with E-state index in [1.165, 1.54) is 12.4 Å². The molecule has 0 aliphatic heterocycles. The van der Waals surface area contributed by atoms with E-state index < -0.39 is 11.8 Å². The molecule has 0 fully saturated rings. The summed E-state index contributed by atoms with van der Waals surface area (Å²) < 4.78 is 15.9. The fraction of sp³-hybridized carbons (Fsp3) is 0.167. The summed E-state index contributed by atoms with van der Waals surface area (Å²) in [5, 5.41) is 5.64. The van der Waals surface area contributed by atoms with Crippen LogP contribution in [-0.2, 0) is 0 Å². The van der Waals surface area contributed by atoms with Gasteiger partial charge in [-0.05, 0) is 44.5 Å². The first-order valence-corrected chi connectivity index (χ1v) is 10.3. The lowest BCUT2D eigenvalue weighted by Crippen LogP contribution is -2.21. The second-order valence-electron chi connectivity index (χ2n) is 7.92. The summed E-state index contributed by atoms with van der Waals surface area (Å²) in [6.07, 6.45) is 3.09. The quantitative estimate of drug-likeness (QED) is 0.377. The van der Waals surface area contributed by atoms with E-state index in [1.54, 1.807) is 49.5 Å². The lowest BCUT2D eigenvalue weighted by Gasteiger charge is -2.11. The molecule has 0 saturated carbocycles. The van der Waals surface area contributed by atoms with Gasteiger partial charge in [0.25, 0.3) is 0 Å². The monoisotopic (exact) mass is 446 g/mol. The Labute approximate surface area is 189 Å². The van der Waals surface area contributed by atoms with Crippen molar-refractivity contribution in [2.75, 3.05) is 16.4 Å². The number of benzene rings is 2. The van der Waals surface area contributed by atoms with E-state index in [0.29, 0.717) is 33.4 Å². The highest BCUT2D eigenvalue weighted by atomic mass is 19.1. The third-order valence-corrected chi connectivity index (χ3v) is 5.28. The van der Waals surface area contributed by atoms with E-state index in [4.69, 9.17) is 5.73 Å². The van der Waals surface area contributed by atoms with Gasteiger partial charge in [-0.1, -0.05) is 24.3 Å². The molecular formula is C24H23FN6O2. The number of hydrogen-bond acceptors (Lipinski definition) is 5. The van der Waals surface area contributed by atoms with Crippen molar-refractivity contribution in [3.05, 3.63) is 77.5 Å². The number of hydrogen-bond donors (Lipinski definition) is 3. The molecule has 0 aliphatic carbocycles. The summed E-state index contributed by atoms with van der Waals surface area (Å²) in [4.78, 5) is 34.1. The van der Waals surface area contributed by atoms with Crippen LogP contribution in [0.1, 0.15) is 41.4 Å². The minimum absolute atomic E-state index is 0.0573. The number of halogens is 1. The van der Waals surface area contributed by atoms with Gasteiger partial charge in [-0.25, -0.2) is 19.2 Å². The highest BCUT2D eigenvalue weighted by Gasteiger charge is 2.21. The molecule has 4 rings (SSSR count). The first-order chi connectivity index (χ1) is 15.8. The van der Waals surface area contributed by atoms with Gasteiger partial charge in [-0.15, -0.1) is 0 Å². The number of nitrogens with one attached hydrogen (secondary N) is 2. The maximum atomic E-state index is 14.0. The Bertz CT molecular complexity index is 1360. The van der Waals surface area contributed by atoms with Gasteiger partial charge in [-0.3, -0.25) is 4.79 Å². The number of nitrogen functional groups attached to an aromatic ring is 1. The Morgan fingerprint density at radius 2 is 1.85 bits per heavy atom. The first kappa shape index (κ1) is 21.9. The molecule has 0 bridgehead atoms. The molecule has 0 radical (unpaired) electrons. The van der Waals surface area contributed by atoms with Crippen LogP contribution in [0.25, 0.3) is 11.0 Å². The number of amides is 2. The van der Waals surface area contributed by atoms with Crippen LogP contribution in [0.5, 0.6) is 0 Å². The van der Waals surface area contributed by atoms with E-state index in [1.807, 2.05) is 18.4 Å². The number of urea groups is 1. The zero-order valence-corrected chi connectivity index (χ0v) is 18.4. The number of carbonyl (C=O) groups is 2. The van der Waals surface area contributed by atoms with E-state index in [-0.39, 0.29) is 23.3 Å². The number of aryl methyl sites for hydroxylation is 1. The lowest BCUT2D eigenvalue weighted by molar-refractivity contribution is 0.104. The van der Waals surface area contributed by atoms with Crippen molar-refractivity contribution >= 4 is 40.0 Å². The molecular weight excluding hydrogens is 423 g/mol. The van der Waals surface area contributed by atoms with Gasteiger partial charge in [0.05, 0.1) is 16.6 Å². The van der Waals surface area contributed by atoms with Crippen LogP contribution in [-0.4, -0.2) is 26.3 Å². The SMILES string of the molecule is Cc1cccc(F)c1NC(=O)Nc1cccc(C(=O)c2cn(C(C)C)c3ncnc(N)c23)c1. The van der Waals surface area contributed by atoms with Gasteiger partial charge >= 0.3 is 6.03 Å². The Morgan fingerprint density at radius 3 is 2.58 bits per heavy atom. The molecule has 4 aromatic rings. The molecule has 0 saturated heterocycles. The van der Waals surface area contributed by atoms with E-state index in [9.17, 15) is 14.0 Å². The van der Waals surface area contributed by atoms with Crippen LogP contribution in [0.2, 0.25) is 0 Å². The molecule has 2 aromatic carbocycles. The second kappa shape index (κ2) is 8.70. The van der Waals surface area contributed by atoms with Crippen LogP contribution >= 0.6 is 0 Å². The predicted molar refractivity (Wildman–Crippen MR) is 126 cm³/mol. The number of nitrogens with zero attached hydrogens (tertiary/aromatic N) is 3. The van der Waals surface area contributed by atoms with Crippen molar-refractivity contribution in [3.8, 4) is 0 Å². The van der Waals surface area contributed by atoms with Gasteiger partial charge in [0.15, 0.2) is 5.78 Å². The van der Waals surface area contributed by atoms with Crippen LogP contribution in [0.15, 0.2) is 55.0 Å². The number of ketones is 1. The maximum Gasteiger partial charge on any atom is 0.323 e. The van der Waals surface area contributed by atoms with Crippen molar-refractivity contribution in [2.24, 2.45) is 0 Å². The van der Waals surface area contributed by atoms with Crippen molar-refractivity contribution < 1.29 is 14.0 Å². The minimum atomic E-state index is -0.623. The zero-order valence-electron chi connectivity index (χ0n) is 18.4. The summed E-state index contributed by atoms with van der Waals surface area (Å²) in [6.45, 7) is 5.65. The fourth-order valence-corrected chi connectivity index (χ4v) is 3.63. The average Bonchev–Trinajstić information content (AvgIpc) is 3.17. The van der Waals surface area contributed by atoms with E-state index in [0.717, 1.165) is 0 Å². The van der Waals surface area contributed by atoms with Crippen LogP contribution < -0.4 is 16.4 Å². The Hall–Kier alpha value is -4.27.